The van der Waals surface area contributed by atoms with Crippen molar-refractivity contribution in [3.63, 3.8) is 0 Å². The molecule has 1 aliphatic rings. The third-order valence-corrected chi connectivity index (χ3v) is 5.75. The molecular formula is C23H22N2OS. The Bertz CT molecular complexity index is 942. The number of hydrogen-bond donors (Lipinski definition) is 0. The summed E-state index contributed by atoms with van der Waals surface area (Å²) in [5.74, 6) is 0.0759. The largest absolute Gasteiger partial charge is 0.315 e. The number of amides is 1. The molecule has 1 aliphatic heterocycles. The van der Waals surface area contributed by atoms with Gasteiger partial charge in [0.1, 0.15) is 0 Å². The molecule has 0 saturated heterocycles. The van der Waals surface area contributed by atoms with Crippen molar-refractivity contribution in [2.24, 2.45) is 0 Å². The van der Waals surface area contributed by atoms with E-state index >= 15 is 0 Å². The van der Waals surface area contributed by atoms with E-state index in [4.69, 9.17) is 0 Å². The molecule has 0 N–H and O–H groups in total. The van der Waals surface area contributed by atoms with Crippen LogP contribution in [0.1, 0.15) is 22.3 Å². The van der Waals surface area contributed by atoms with Gasteiger partial charge in [0, 0.05) is 35.4 Å². The third-order valence-electron chi connectivity index (χ3n) is 4.80. The highest BCUT2D eigenvalue weighted by molar-refractivity contribution is 8.00. The van der Waals surface area contributed by atoms with Gasteiger partial charge in [0.25, 0.3) is 5.91 Å². The average molecular weight is 375 g/mol. The first-order chi connectivity index (χ1) is 13.2. The number of para-hydroxylation sites is 2. The van der Waals surface area contributed by atoms with Crippen LogP contribution < -0.4 is 9.21 Å². The van der Waals surface area contributed by atoms with Crippen LogP contribution in [0, 0.1) is 0 Å². The van der Waals surface area contributed by atoms with E-state index in [0.29, 0.717) is 0 Å². The second kappa shape index (κ2) is 7.89. The maximum Gasteiger partial charge on any atom is 0.258 e. The molecular weight excluding hydrogens is 352 g/mol. The highest BCUT2D eigenvalue weighted by atomic mass is 32.2. The number of hydrogen-bond acceptors (Lipinski definition) is 3. The van der Waals surface area contributed by atoms with E-state index in [-0.39, 0.29) is 5.91 Å². The average Bonchev–Trinajstić information content (AvgIpc) is 2.73. The molecule has 0 unspecified atom stereocenters. The SMILES string of the molecule is CN(Sc1cccc(C(=O)N2CCCc3ccccc32)c1)c1ccccc1. The van der Waals surface area contributed by atoms with Gasteiger partial charge in [-0.2, -0.15) is 0 Å². The van der Waals surface area contributed by atoms with Gasteiger partial charge in [-0.05, 0) is 66.8 Å². The second-order valence-corrected chi connectivity index (χ2v) is 7.84. The number of carbonyl (C=O) groups is 1. The smallest absolute Gasteiger partial charge is 0.258 e. The topological polar surface area (TPSA) is 23.6 Å². The number of nitrogens with zero attached hydrogens (tertiary/aromatic N) is 2. The van der Waals surface area contributed by atoms with E-state index in [1.165, 1.54) is 5.56 Å². The van der Waals surface area contributed by atoms with E-state index in [1.807, 2.05) is 72.6 Å². The maximum absolute atomic E-state index is 13.2. The van der Waals surface area contributed by atoms with Crippen LogP contribution in [0.3, 0.4) is 0 Å². The lowest BCUT2D eigenvalue weighted by Crippen LogP contribution is -2.35. The van der Waals surface area contributed by atoms with Crippen LogP contribution >= 0.6 is 11.9 Å². The number of fused-ring (bicyclic) bond motifs is 1. The molecule has 0 spiro atoms. The lowest BCUT2D eigenvalue weighted by atomic mass is 10.0. The molecule has 1 amide bonds. The molecule has 3 aromatic carbocycles. The Labute approximate surface area is 164 Å². The first-order valence-electron chi connectivity index (χ1n) is 9.19. The molecule has 136 valence electrons. The molecule has 0 aromatic heterocycles. The molecule has 0 radical (unpaired) electrons. The zero-order chi connectivity index (χ0) is 18.6. The van der Waals surface area contributed by atoms with E-state index in [2.05, 4.69) is 22.5 Å². The minimum atomic E-state index is 0.0759. The summed E-state index contributed by atoms with van der Waals surface area (Å²) in [4.78, 5) is 16.1. The van der Waals surface area contributed by atoms with Crippen molar-refractivity contribution < 1.29 is 4.79 Å². The first kappa shape index (κ1) is 17.7. The van der Waals surface area contributed by atoms with E-state index in [0.717, 1.165) is 41.2 Å². The van der Waals surface area contributed by atoms with Crippen molar-refractivity contribution in [3.8, 4) is 0 Å². The normalized spacial score (nSPS) is 13.1. The van der Waals surface area contributed by atoms with Gasteiger partial charge >= 0.3 is 0 Å². The standard InChI is InChI=1S/C23H22N2OS/c1-24(20-12-3-2-4-13-20)27-21-14-7-10-19(17-21)23(26)25-16-8-11-18-9-5-6-15-22(18)25/h2-7,9-10,12-15,17H,8,11,16H2,1H3. The van der Waals surface area contributed by atoms with Gasteiger partial charge in [-0.15, -0.1) is 0 Å². The quantitative estimate of drug-likeness (QED) is 0.570. The van der Waals surface area contributed by atoms with Crippen LogP contribution in [0.5, 0.6) is 0 Å². The molecule has 4 rings (SSSR count). The zero-order valence-electron chi connectivity index (χ0n) is 15.3. The van der Waals surface area contributed by atoms with Crippen molar-refractivity contribution in [2.45, 2.75) is 17.7 Å². The predicted molar refractivity (Wildman–Crippen MR) is 114 cm³/mol. The molecule has 0 saturated carbocycles. The molecule has 0 atom stereocenters. The van der Waals surface area contributed by atoms with Crippen molar-refractivity contribution in [1.82, 2.24) is 0 Å². The lowest BCUT2D eigenvalue weighted by Gasteiger charge is -2.29. The molecule has 1 heterocycles. The summed E-state index contributed by atoms with van der Waals surface area (Å²) >= 11 is 1.62. The van der Waals surface area contributed by atoms with Crippen molar-refractivity contribution in [2.75, 3.05) is 22.8 Å². The fraction of sp³-hybridized carbons (Fsp3) is 0.174. The van der Waals surface area contributed by atoms with Crippen LogP contribution in [0.25, 0.3) is 0 Å². The van der Waals surface area contributed by atoms with E-state index in [9.17, 15) is 4.79 Å². The Kier molecular flexibility index (Phi) is 5.16. The van der Waals surface area contributed by atoms with Crippen LogP contribution in [-0.4, -0.2) is 19.5 Å². The van der Waals surface area contributed by atoms with Gasteiger partial charge in [0.15, 0.2) is 0 Å². The predicted octanol–water partition coefficient (Wildman–Crippen LogP) is 5.42. The maximum atomic E-state index is 13.2. The molecule has 3 aromatic rings. The van der Waals surface area contributed by atoms with Crippen molar-refractivity contribution in [1.29, 1.82) is 0 Å². The Morgan fingerprint density at radius 1 is 0.963 bits per heavy atom. The fourth-order valence-electron chi connectivity index (χ4n) is 3.44. The fourth-order valence-corrected chi connectivity index (χ4v) is 4.30. The monoisotopic (exact) mass is 374 g/mol. The number of rotatable bonds is 4. The minimum absolute atomic E-state index is 0.0759. The van der Waals surface area contributed by atoms with Crippen molar-refractivity contribution in [3.05, 3.63) is 90.0 Å². The second-order valence-electron chi connectivity index (χ2n) is 6.64. The van der Waals surface area contributed by atoms with Gasteiger partial charge in [0.05, 0.1) is 0 Å². The van der Waals surface area contributed by atoms with Crippen LogP contribution in [0.4, 0.5) is 11.4 Å². The van der Waals surface area contributed by atoms with Gasteiger partial charge in [-0.3, -0.25) is 4.79 Å². The number of aryl methyl sites for hydroxylation is 1. The van der Waals surface area contributed by atoms with Gasteiger partial charge in [-0.1, -0.05) is 42.5 Å². The zero-order valence-corrected chi connectivity index (χ0v) is 16.2. The summed E-state index contributed by atoms with van der Waals surface area (Å²) in [5, 5.41) is 0. The van der Waals surface area contributed by atoms with Gasteiger partial charge in [-0.25, -0.2) is 0 Å². The summed E-state index contributed by atoms with van der Waals surface area (Å²) in [7, 11) is 2.04. The highest BCUT2D eigenvalue weighted by Crippen LogP contribution is 2.30. The number of carbonyl (C=O) groups excluding carboxylic acids is 1. The van der Waals surface area contributed by atoms with Crippen molar-refractivity contribution >= 4 is 29.2 Å². The Morgan fingerprint density at radius 2 is 1.74 bits per heavy atom. The summed E-state index contributed by atoms with van der Waals surface area (Å²) in [6.07, 6.45) is 2.05. The Morgan fingerprint density at radius 3 is 2.59 bits per heavy atom. The molecule has 0 aliphatic carbocycles. The molecule has 0 fully saturated rings. The lowest BCUT2D eigenvalue weighted by molar-refractivity contribution is 0.0985. The van der Waals surface area contributed by atoms with E-state index < -0.39 is 0 Å². The highest BCUT2D eigenvalue weighted by Gasteiger charge is 2.23. The summed E-state index contributed by atoms with van der Waals surface area (Å²) in [6.45, 7) is 0.775. The van der Waals surface area contributed by atoms with Gasteiger partial charge in [0.2, 0.25) is 0 Å². The Balaban J connectivity index is 1.55. The van der Waals surface area contributed by atoms with Crippen LogP contribution in [0.15, 0.2) is 83.8 Å². The summed E-state index contributed by atoms with van der Waals surface area (Å²) in [6, 6.07) is 26.3. The third kappa shape index (κ3) is 3.86. The molecule has 0 bridgehead atoms. The summed E-state index contributed by atoms with van der Waals surface area (Å²) < 4.78 is 2.11. The number of benzene rings is 3. The molecule has 27 heavy (non-hydrogen) atoms. The van der Waals surface area contributed by atoms with E-state index in [1.54, 1.807) is 11.9 Å². The molecule has 4 heteroatoms. The minimum Gasteiger partial charge on any atom is -0.315 e. The van der Waals surface area contributed by atoms with Crippen LogP contribution in [0.2, 0.25) is 0 Å². The van der Waals surface area contributed by atoms with Crippen LogP contribution in [-0.2, 0) is 6.42 Å². The first-order valence-corrected chi connectivity index (χ1v) is 9.96. The Hall–Kier alpha value is -2.72. The van der Waals surface area contributed by atoms with Gasteiger partial charge < -0.3 is 9.21 Å². The molecule has 3 nitrogen and oxygen atoms in total. The summed E-state index contributed by atoms with van der Waals surface area (Å²) in [5.41, 5.74) is 4.17. The number of anilines is 2.